The number of amides is 1. The van der Waals surface area contributed by atoms with Crippen LogP contribution in [0.2, 0.25) is 0 Å². The van der Waals surface area contributed by atoms with Crippen molar-refractivity contribution in [1.82, 2.24) is 8.87 Å². The number of esters is 1. The Bertz CT molecular complexity index is 1040. The summed E-state index contributed by atoms with van der Waals surface area (Å²) in [6, 6.07) is 8.00. The molecule has 1 atom stereocenters. The third-order valence-corrected chi connectivity index (χ3v) is 7.05. The molecule has 1 aromatic carbocycles. The van der Waals surface area contributed by atoms with E-state index in [1.54, 1.807) is 20.0 Å². The maximum absolute atomic E-state index is 13.2. The van der Waals surface area contributed by atoms with Crippen LogP contribution in [-0.4, -0.2) is 48.4 Å². The Morgan fingerprint density at radius 1 is 1.23 bits per heavy atom. The van der Waals surface area contributed by atoms with Crippen molar-refractivity contribution in [3.05, 3.63) is 47.8 Å². The molecule has 1 aliphatic rings. The van der Waals surface area contributed by atoms with E-state index in [1.807, 2.05) is 25.1 Å². The Labute approximate surface area is 176 Å². The number of anilines is 1. The van der Waals surface area contributed by atoms with E-state index in [0.29, 0.717) is 18.5 Å². The van der Waals surface area contributed by atoms with E-state index in [2.05, 4.69) is 5.32 Å². The predicted octanol–water partition coefficient (Wildman–Crippen LogP) is 2.56. The van der Waals surface area contributed by atoms with Crippen LogP contribution in [0, 0.1) is 0 Å². The number of nitrogens with one attached hydrogen (secondary N) is 1. The van der Waals surface area contributed by atoms with Crippen molar-refractivity contribution < 1.29 is 22.7 Å². The molecular formula is C21H27N3O5S. The fraction of sp³-hybridized carbons (Fsp3) is 0.429. The van der Waals surface area contributed by atoms with Crippen molar-refractivity contribution in [3.63, 3.8) is 0 Å². The van der Waals surface area contributed by atoms with Gasteiger partial charge in [-0.05, 0) is 49.9 Å². The second-order valence-electron chi connectivity index (χ2n) is 7.21. The van der Waals surface area contributed by atoms with E-state index in [9.17, 15) is 18.0 Å². The molecule has 1 N–H and O–H groups in total. The molecule has 3 rings (SSSR count). The maximum atomic E-state index is 13.2. The first kappa shape index (κ1) is 22.0. The van der Waals surface area contributed by atoms with Crippen LogP contribution in [0.3, 0.4) is 0 Å². The van der Waals surface area contributed by atoms with E-state index in [0.717, 1.165) is 12.0 Å². The van der Waals surface area contributed by atoms with Crippen LogP contribution in [0.1, 0.15) is 42.7 Å². The van der Waals surface area contributed by atoms with E-state index < -0.39 is 22.0 Å². The van der Waals surface area contributed by atoms with Gasteiger partial charge in [0, 0.05) is 25.5 Å². The van der Waals surface area contributed by atoms with Crippen LogP contribution >= 0.6 is 0 Å². The standard InChI is InChI=1S/C21H27N3O5S/c1-4-15-8-6-9-16(12-15)22-20(25)18-10-7-11-24(18)30(27,28)17-13-19(23(3)14-17)21(26)29-5-2/h6,8-9,12-14,18H,4-5,7,10-11H2,1-3H3,(H,22,25). The lowest BCUT2D eigenvalue weighted by atomic mass is 10.1. The average molecular weight is 434 g/mol. The summed E-state index contributed by atoms with van der Waals surface area (Å²) in [6.07, 6.45) is 3.24. The molecule has 1 amide bonds. The lowest BCUT2D eigenvalue weighted by Crippen LogP contribution is -2.43. The summed E-state index contributed by atoms with van der Waals surface area (Å²) < 4.78 is 34.1. The van der Waals surface area contributed by atoms with E-state index in [-0.39, 0.29) is 29.6 Å². The Morgan fingerprint density at radius 2 is 2.00 bits per heavy atom. The number of carbonyl (C=O) groups is 2. The van der Waals surface area contributed by atoms with Gasteiger partial charge in [0.25, 0.3) is 0 Å². The molecular weight excluding hydrogens is 406 g/mol. The number of hydrogen-bond donors (Lipinski definition) is 1. The number of carbonyl (C=O) groups excluding carboxylic acids is 2. The van der Waals surface area contributed by atoms with Crippen LogP contribution in [0.25, 0.3) is 0 Å². The molecule has 0 bridgehead atoms. The monoisotopic (exact) mass is 433 g/mol. The van der Waals surface area contributed by atoms with Gasteiger partial charge in [-0.2, -0.15) is 4.31 Å². The first-order valence-corrected chi connectivity index (χ1v) is 11.5. The van der Waals surface area contributed by atoms with Crippen molar-refractivity contribution in [2.24, 2.45) is 7.05 Å². The molecule has 1 fully saturated rings. The number of nitrogens with zero attached hydrogens (tertiary/aromatic N) is 2. The molecule has 2 aromatic rings. The van der Waals surface area contributed by atoms with Crippen molar-refractivity contribution in [2.75, 3.05) is 18.5 Å². The number of aryl methyl sites for hydroxylation is 2. The molecule has 2 heterocycles. The Hall–Kier alpha value is -2.65. The van der Waals surface area contributed by atoms with Crippen LogP contribution < -0.4 is 5.32 Å². The minimum absolute atomic E-state index is 0.0271. The zero-order valence-electron chi connectivity index (χ0n) is 17.4. The lowest BCUT2D eigenvalue weighted by Gasteiger charge is -2.23. The van der Waals surface area contributed by atoms with Gasteiger partial charge in [-0.15, -0.1) is 0 Å². The number of rotatable bonds is 7. The van der Waals surface area contributed by atoms with Gasteiger partial charge in [-0.25, -0.2) is 13.2 Å². The molecule has 0 spiro atoms. The number of ether oxygens (including phenoxy) is 1. The van der Waals surface area contributed by atoms with Gasteiger partial charge in [0.2, 0.25) is 15.9 Å². The Kier molecular flexibility index (Phi) is 6.62. The van der Waals surface area contributed by atoms with Crippen LogP contribution in [0.4, 0.5) is 5.69 Å². The van der Waals surface area contributed by atoms with Crippen molar-refractivity contribution >= 4 is 27.6 Å². The SMILES string of the molecule is CCOC(=O)c1cc(S(=O)(=O)N2CCCC2C(=O)Nc2cccc(CC)c2)cn1C. The quantitative estimate of drug-likeness (QED) is 0.677. The molecule has 30 heavy (non-hydrogen) atoms. The second kappa shape index (κ2) is 9.01. The third-order valence-electron chi connectivity index (χ3n) is 5.18. The lowest BCUT2D eigenvalue weighted by molar-refractivity contribution is -0.119. The van der Waals surface area contributed by atoms with Gasteiger partial charge in [-0.3, -0.25) is 4.79 Å². The maximum Gasteiger partial charge on any atom is 0.354 e. The number of aromatic nitrogens is 1. The topological polar surface area (TPSA) is 97.7 Å². The van der Waals surface area contributed by atoms with Gasteiger partial charge in [0.15, 0.2) is 0 Å². The van der Waals surface area contributed by atoms with Crippen molar-refractivity contribution in [3.8, 4) is 0 Å². The van der Waals surface area contributed by atoms with Crippen molar-refractivity contribution in [1.29, 1.82) is 0 Å². The molecule has 0 aliphatic carbocycles. The number of sulfonamides is 1. The van der Waals surface area contributed by atoms with Crippen LogP contribution in [-0.2, 0) is 33.0 Å². The highest BCUT2D eigenvalue weighted by Gasteiger charge is 2.40. The zero-order valence-corrected chi connectivity index (χ0v) is 18.2. The number of benzene rings is 1. The summed E-state index contributed by atoms with van der Waals surface area (Å²) in [7, 11) is -2.36. The van der Waals surface area contributed by atoms with Crippen LogP contribution in [0.15, 0.2) is 41.4 Å². The minimum atomic E-state index is -3.94. The third kappa shape index (κ3) is 4.41. The minimum Gasteiger partial charge on any atom is -0.461 e. The van der Waals surface area contributed by atoms with Gasteiger partial charge >= 0.3 is 5.97 Å². The molecule has 1 unspecified atom stereocenters. The smallest absolute Gasteiger partial charge is 0.354 e. The highest BCUT2D eigenvalue weighted by molar-refractivity contribution is 7.89. The largest absolute Gasteiger partial charge is 0.461 e. The van der Waals surface area contributed by atoms with E-state index in [1.165, 1.54) is 21.1 Å². The van der Waals surface area contributed by atoms with Gasteiger partial charge in [-0.1, -0.05) is 19.1 Å². The second-order valence-corrected chi connectivity index (χ2v) is 9.10. The summed E-state index contributed by atoms with van der Waals surface area (Å²) in [5.74, 6) is -0.946. The highest BCUT2D eigenvalue weighted by atomic mass is 32.2. The van der Waals surface area contributed by atoms with Gasteiger partial charge in [0.1, 0.15) is 16.6 Å². The summed E-state index contributed by atoms with van der Waals surface area (Å²) >= 11 is 0. The molecule has 0 radical (unpaired) electrons. The van der Waals surface area contributed by atoms with E-state index >= 15 is 0 Å². The van der Waals surface area contributed by atoms with Gasteiger partial charge < -0.3 is 14.6 Å². The molecule has 9 heteroatoms. The highest BCUT2D eigenvalue weighted by Crippen LogP contribution is 2.28. The fourth-order valence-corrected chi connectivity index (χ4v) is 5.33. The predicted molar refractivity (Wildman–Crippen MR) is 113 cm³/mol. The number of hydrogen-bond acceptors (Lipinski definition) is 5. The molecule has 162 valence electrons. The molecule has 1 aromatic heterocycles. The van der Waals surface area contributed by atoms with E-state index in [4.69, 9.17) is 4.74 Å². The molecule has 8 nitrogen and oxygen atoms in total. The molecule has 0 saturated carbocycles. The fourth-order valence-electron chi connectivity index (χ4n) is 3.60. The molecule has 1 saturated heterocycles. The average Bonchev–Trinajstić information content (AvgIpc) is 3.36. The summed E-state index contributed by atoms with van der Waals surface area (Å²) in [5.41, 5.74) is 1.87. The van der Waals surface area contributed by atoms with Crippen LogP contribution in [0.5, 0.6) is 0 Å². The molecule has 1 aliphatic heterocycles. The normalized spacial score (nSPS) is 17.1. The summed E-state index contributed by atoms with van der Waals surface area (Å²) in [5, 5.41) is 2.84. The summed E-state index contributed by atoms with van der Waals surface area (Å²) in [4.78, 5) is 24.9. The van der Waals surface area contributed by atoms with Crippen molar-refractivity contribution in [2.45, 2.75) is 44.0 Å². The summed E-state index contributed by atoms with van der Waals surface area (Å²) in [6.45, 7) is 4.15. The first-order chi connectivity index (χ1) is 14.3. The first-order valence-electron chi connectivity index (χ1n) is 10.0. The Balaban J connectivity index is 1.82. The Morgan fingerprint density at radius 3 is 2.70 bits per heavy atom. The zero-order chi connectivity index (χ0) is 21.9. The van der Waals surface area contributed by atoms with Gasteiger partial charge in [0.05, 0.1) is 6.61 Å².